The molecule has 1 heterocycles. The Bertz CT molecular complexity index is 429. The quantitative estimate of drug-likeness (QED) is 0.828. The largest absolute Gasteiger partial charge is 0.504 e. The molecule has 76 valence electrons. The molecule has 0 fully saturated rings. The smallest absolute Gasteiger partial charge is 0.161 e. The van der Waals surface area contributed by atoms with Gasteiger partial charge in [0.25, 0.3) is 0 Å². The molecule has 0 saturated heterocycles. The molecule has 3 heteroatoms. The average molecular weight is 201 g/mol. The number of phenolic OH excluding ortho intramolecular Hbond substituents is 1. The van der Waals surface area contributed by atoms with Crippen molar-refractivity contribution < 1.29 is 9.84 Å². The highest BCUT2D eigenvalue weighted by Gasteiger charge is 2.00. The second-order valence-electron chi connectivity index (χ2n) is 3.11. The number of rotatable bonds is 3. The summed E-state index contributed by atoms with van der Waals surface area (Å²) in [5, 5.41) is 9.45. The Balaban J connectivity index is 2.03. The zero-order valence-corrected chi connectivity index (χ0v) is 8.13. The minimum atomic E-state index is 0.159. The van der Waals surface area contributed by atoms with Gasteiger partial charge in [0.05, 0.1) is 0 Å². The second-order valence-corrected chi connectivity index (χ2v) is 3.11. The van der Waals surface area contributed by atoms with Crippen molar-refractivity contribution in [1.82, 2.24) is 4.98 Å². The molecule has 0 atom stereocenters. The normalized spacial score (nSPS) is 9.87. The van der Waals surface area contributed by atoms with E-state index in [9.17, 15) is 5.11 Å². The van der Waals surface area contributed by atoms with Crippen molar-refractivity contribution in [3.05, 3.63) is 54.4 Å². The van der Waals surface area contributed by atoms with Gasteiger partial charge in [0.15, 0.2) is 11.5 Å². The number of hydrogen-bond acceptors (Lipinski definition) is 3. The van der Waals surface area contributed by atoms with E-state index >= 15 is 0 Å². The van der Waals surface area contributed by atoms with Crippen molar-refractivity contribution in [2.75, 3.05) is 0 Å². The van der Waals surface area contributed by atoms with Crippen LogP contribution in [0.15, 0.2) is 48.8 Å². The van der Waals surface area contributed by atoms with Crippen LogP contribution in [0.2, 0.25) is 0 Å². The third kappa shape index (κ3) is 2.47. The van der Waals surface area contributed by atoms with Gasteiger partial charge in [-0.3, -0.25) is 4.98 Å². The molecule has 0 aliphatic rings. The topological polar surface area (TPSA) is 42.4 Å². The van der Waals surface area contributed by atoms with Crippen molar-refractivity contribution in [2.24, 2.45) is 0 Å². The lowest BCUT2D eigenvalue weighted by Gasteiger charge is -2.07. The summed E-state index contributed by atoms with van der Waals surface area (Å²) in [4.78, 5) is 3.91. The number of hydrogen-bond donors (Lipinski definition) is 1. The highest BCUT2D eigenvalue weighted by Crippen LogP contribution is 2.25. The van der Waals surface area contributed by atoms with Gasteiger partial charge in [-0.1, -0.05) is 12.1 Å². The molecule has 1 N–H and O–H groups in total. The zero-order valence-electron chi connectivity index (χ0n) is 8.13. The van der Waals surface area contributed by atoms with Crippen LogP contribution >= 0.6 is 0 Å². The van der Waals surface area contributed by atoms with Crippen LogP contribution in [0.25, 0.3) is 0 Å². The first-order valence-electron chi connectivity index (χ1n) is 4.66. The van der Waals surface area contributed by atoms with Gasteiger partial charge in [-0.2, -0.15) is 0 Å². The number of nitrogens with zero attached hydrogens (tertiary/aromatic N) is 1. The maximum Gasteiger partial charge on any atom is 0.161 e. The third-order valence-corrected chi connectivity index (χ3v) is 2.01. The highest BCUT2D eigenvalue weighted by molar-refractivity contribution is 5.38. The lowest BCUT2D eigenvalue weighted by atomic mass is 10.3. The van der Waals surface area contributed by atoms with Crippen LogP contribution in [0.1, 0.15) is 5.56 Å². The van der Waals surface area contributed by atoms with Gasteiger partial charge in [0, 0.05) is 12.4 Å². The molecule has 0 bridgehead atoms. The number of aromatic nitrogens is 1. The van der Waals surface area contributed by atoms with E-state index in [1.165, 1.54) is 0 Å². The molecule has 3 nitrogen and oxygen atoms in total. The number of para-hydroxylation sites is 2. The van der Waals surface area contributed by atoms with Crippen LogP contribution in [-0.2, 0) is 6.61 Å². The summed E-state index contributed by atoms with van der Waals surface area (Å²) in [5.41, 5.74) is 1.02. The van der Waals surface area contributed by atoms with Crippen LogP contribution in [-0.4, -0.2) is 10.1 Å². The molecule has 2 aromatic rings. The summed E-state index contributed by atoms with van der Waals surface area (Å²) < 4.78 is 5.45. The molecule has 15 heavy (non-hydrogen) atoms. The zero-order chi connectivity index (χ0) is 10.5. The first kappa shape index (κ1) is 9.52. The van der Waals surface area contributed by atoms with Crippen LogP contribution in [0.5, 0.6) is 11.5 Å². The van der Waals surface area contributed by atoms with Crippen molar-refractivity contribution in [1.29, 1.82) is 0 Å². The van der Waals surface area contributed by atoms with Crippen LogP contribution in [0.3, 0.4) is 0 Å². The molecule has 0 aliphatic heterocycles. The van der Waals surface area contributed by atoms with Crippen molar-refractivity contribution >= 4 is 0 Å². The minimum absolute atomic E-state index is 0.159. The summed E-state index contributed by atoms with van der Waals surface area (Å²) >= 11 is 0. The first-order valence-corrected chi connectivity index (χ1v) is 4.66. The lowest BCUT2D eigenvalue weighted by Crippen LogP contribution is -1.95. The Morgan fingerprint density at radius 2 is 1.80 bits per heavy atom. The molecule has 0 unspecified atom stereocenters. The van der Waals surface area contributed by atoms with E-state index in [1.807, 2.05) is 18.2 Å². The fourth-order valence-corrected chi connectivity index (χ4v) is 1.22. The van der Waals surface area contributed by atoms with Crippen LogP contribution in [0, 0.1) is 0 Å². The molecular weight excluding hydrogens is 190 g/mol. The number of pyridine rings is 1. The summed E-state index contributed by atoms with van der Waals surface area (Å²) in [6.45, 7) is 0.431. The monoisotopic (exact) mass is 201 g/mol. The first-order chi connectivity index (χ1) is 7.36. The number of aromatic hydroxyl groups is 1. The van der Waals surface area contributed by atoms with Crippen LogP contribution < -0.4 is 4.74 Å². The molecule has 0 saturated carbocycles. The van der Waals surface area contributed by atoms with E-state index in [-0.39, 0.29) is 5.75 Å². The van der Waals surface area contributed by atoms with Crippen LogP contribution in [0.4, 0.5) is 0 Å². The third-order valence-electron chi connectivity index (χ3n) is 2.01. The number of benzene rings is 1. The van der Waals surface area contributed by atoms with Gasteiger partial charge in [0.1, 0.15) is 6.61 Å². The standard InChI is InChI=1S/C12H11NO2/c14-11-3-1-2-4-12(11)15-9-10-5-7-13-8-6-10/h1-8,14H,9H2. The Labute approximate surface area is 88.0 Å². The van der Waals surface area contributed by atoms with E-state index in [0.29, 0.717) is 12.4 Å². The van der Waals surface area contributed by atoms with E-state index in [4.69, 9.17) is 4.74 Å². The molecule has 0 spiro atoms. The predicted octanol–water partition coefficient (Wildman–Crippen LogP) is 2.37. The fraction of sp³-hybridized carbons (Fsp3) is 0.0833. The molecule has 0 radical (unpaired) electrons. The van der Waals surface area contributed by atoms with Gasteiger partial charge in [0.2, 0.25) is 0 Å². The van der Waals surface area contributed by atoms with E-state index in [1.54, 1.807) is 30.6 Å². The van der Waals surface area contributed by atoms with E-state index in [2.05, 4.69) is 4.98 Å². The average Bonchev–Trinajstić information content (AvgIpc) is 2.29. The van der Waals surface area contributed by atoms with Crippen molar-refractivity contribution in [3.63, 3.8) is 0 Å². The van der Waals surface area contributed by atoms with Gasteiger partial charge in [-0.25, -0.2) is 0 Å². The lowest BCUT2D eigenvalue weighted by molar-refractivity contribution is 0.289. The van der Waals surface area contributed by atoms with E-state index in [0.717, 1.165) is 5.56 Å². The summed E-state index contributed by atoms with van der Waals surface area (Å²) in [7, 11) is 0. The minimum Gasteiger partial charge on any atom is -0.504 e. The van der Waals surface area contributed by atoms with Crippen molar-refractivity contribution in [3.8, 4) is 11.5 Å². The van der Waals surface area contributed by atoms with Gasteiger partial charge >= 0.3 is 0 Å². The van der Waals surface area contributed by atoms with Gasteiger partial charge in [-0.05, 0) is 29.8 Å². The SMILES string of the molecule is Oc1ccccc1OCc1ccncc1. The molecule has 2 rings (SSSR count). The molecule has 0 aliphatic carbocycles. The van der Waals surface area contributed by atoms with Gasteiger partial charge in [-0.15, -0.1) is 0 Å². The molecule has 0 amide bonds. The Morgan fingerprint density at radius 1 is 1.07 bits per heavy atom. The van der Waals surface area contributed by atoms with Crippen molar-refractivity contribution in [2.45, 2.75) is 6.61 Å². The number of ether oxygens (including phenoxy) is 1. The highest BCUT2D eigenvalue weighted by atomic mass is 16.5. The summed E-state index contributed by atoms with van der Waals surface area (Å²) in [6.07, 6.45) is 3.42. The van der Waals surface area contributed by atoms with E-state index < -0.39 is 0 Å². The Kier molecular flexibility index (Phi) is 2.83. The maximum absolute atomic E-state index is 9.45. The molecule has 1 aromatic carbocycles. The second kappa shape index (κ2) is 4.46. The molecule has 1 aromatic heterocycles. The van der Waals surface area contributed by atoms with Gasteiger partial charge < -0.3 is 9.84 Å². The predicted molar refractivity (Wildman–Crippen MR) is 56.7 cm³/mol. The Hall–Kier alpha value is -2.03. The maximum atomic E-state index is 9.45. The summed E-state index contributed by atoms with van der Waals surface area (Å²) in [5.74, 6) is 0.654. The molecular formula is C12H11NO2. The summed E-state index contributed by atoms with van der Waals surface area (Å²) in [6, 6.07) is 10.7. The number of phenols is 1. The Morgan fingerprint density at radius 3 is 2.53 bits per heavy atom. The fourth-order valence-electron chi connectivity index (χ4n) is 1.22.